The van der Waals surface area contributed by atoms with Crippen molar-refractivity contribution >= 4 is 15.9 Å². The van der Waals surface area contributed by atoms with Gasteiger partial charge in [-0.15, -0.1) is 0 Å². The molecule has 33 heavy (non-hydrogen) atoms. The molecular weight excluding hydrogens is 438 g/mol. The molecular formula is C25H37N3O4S. The van der Waals surface area contributed by atoms with Crippen molar-refractivity contribution in [3.8, 4) is 0 Å². The van der Waals surface area contributed by atoms with Crippen LogP contribution in [-0.2, 0) is 21.4 Å². The average Bonchev–Trinajstić information content (AvgIpc) is 2.78. The summed E-state index contributed by atoms with van der Waals surface area (Å²) in [6.45, 7) is 12.3. The monoisotopic (exact) mass is 475 g/mol. The highest BCUT2D eigenvalue weighted by Gasteiger charge is 2.23. The van der Waals surface area contributed by atoms with Gasteiger partial charge in [0, 0.05) is 25.4 Å². The van der Waals surface area contributed by atoms with Crippen LogP contribution in [0.3, 0.4) is 0 Å². The Labute approximate surface area is 197 Å². The number of pyridine rings is 1. The maximum absolute atomic E-state index is 12.9. The lowest BCUT2D eigenvalue weighted by Crippen LogP contribution is -2.37. The predicted molar refractivity (Wildman–Crippen MR) is 132 cm³/mol. The molecule has 1 aromatic heterocycles. The molecule has 2 atom stereocenters. The van der Waals surface area contributed by atoms with Crippen molar-refractivity contribution in [3.63, 3.8) is 0 Å². The van der Waals surface area contributed by atoms with E-state index in [0.717, 1.165) is 16.6 Å². The van der Waals surface area contributed by atoms with E-state index in [4.69, 9.17) is 0 Å². The first kappa shape index (κ1) is 26.8. The molecule has 2 rings (SSSR count). The van der Waals surface area contributed by atoms with E-state index >= 15 is 0 Å². The number of carbonyl (C=O) groups excluding carboxylic acids is 1. The molecule has 2 unspecified atom stereocenters. The number of rotatable bonds is 11. The number of amides is 1. The molecule has 1 N–H and O–H groups in total. The van der Waals surface area contributed by atoms with Gasteiger partial charge in [0.25, 0.3) is 5.56 Å². The number of sulfonamides is 1. The van der Waals surface area contributed by atoms with Gasteiger partial charge in [-0.2, -0.15) is 4.31 Å². The zero-order chi connectivity index (χ0) is 24.8. The topological polar surface area (TPSA) is 88.5 Å². The molecule has 0 aliphatic carbocycles. The minimum absolute atomic E-state index is 0.000331. The Balaban J connectivity index is 2.24. The van der Waals surface area contributed by atoms with Crippen molar-refractivity contribution < 1.29 is 13.2 Å². The Morgan fingerprint density at radius 2 is 1.55 bits per heavy atom. The molecule has 0 bridgehead atoms. The standard InChI is InChI=1S/C25H37N3O4S/c1-7-19(6)20-10-12-21(13-11-20)25(18(4)5)26-23(29)17-27-16-22(14-15-24(27)30)33(31,32)28(8-2)9-3/h10-16,18-19,25H,7-9,17H2,1-6H3,(H,26,29). The van der Waals surface area contributed by atoms with Crippen LogP contribution in [0.15, 0.2) is 52.3 Å². The van der Waals surface area contributed by atoms with Crippen molar-refractivity contribution in [1.82, 2.24) is 14.2 Å². The van der Waals surface area contributed by atoms with Crippen LogP contribution in [0.2, 0.25) is 0 Å². The lowest BCUT2D eigenvalue weighted by Gasteiger charge is -2.24. The van der Waals surface area contributed by atoms with Gasteiger partial charge in [0.1, 0.15) is 6.54 Å². The maximum Gasteiger partial charge on any atom is 0.251 e. The highest BCUT2D eigenvalue weighted by molar-refractivity contribution is 7.89. The second kappa shape index (κ2) is 11.6. The van der Waals surface area contributed by atoms with E-state index < -0.39 is 15.6 Å². The minimum Gasteiger partial charge on any atom is -0.347 e. The van der Waals surface area contributed by atoms with Crippen molar-refractivity contribution in [2.75, 3.05) is 13.1 Å². The number of nitrogens with one attached hydrogen (secondary N) is 1. The summed E-state index contributed by atoms with van der Waals surface area (Å²) >= 11 is 0. The molecule has 1 aromatic carbocycles. The summed E-state index contributed by atoms with van der Waals surface area (Å²) in [6.07, 6.45) is 2.31. The second-order valence-electron chi connectivity index (χ2n) is 8.69. The molecule has 1 amide bonds. The molecule has 1 heterocycles. The Hall–Kier alpha value is -2.45. The molecule has 8 heteroatoms. The normalized spacial score (nSPS) is 13.8. The lowest BCUT2D eigenvalue weighted by molar-refractivity contribution is -0.122. The lowest BCUT2D eigenvalue weighted by atomic mass is 9.92. The molecule has 0 aliphatic heterocycles. The van der Waals surface area contributed by atoms with Gasteiger partial charge in [-0.1, -0.05) is 65.8 Å². The van der Waals surface area contributed by atoms with Gasteiger partial charge in [-0.25, -0.2) is 8.42 Å². The van der Waals surface area contributed by atoms with E-state index in [-0.39, 0.29) is 29.3 Å². The number of benzene rings is 1. The van der Waals surface area contributed by atoms with Crippen molar-refractivity contribution in [2.45, 2.75) is 71.4 Å². The molecule has 0 radical (unpaired) electrons. The Bertz CT molecular complexity index is 1090. The third kappa shape index (κ3) is 6.54. The van der Waals surface area contributed by atoms with Gasteiger partial charge in [0.2, 0.25) is 15.9 Å². The van der Waals surface area contributed by atoms with Gasteiger partial charge in [0.05, 0.1) is 10.9 Å². The third-order valence-corrected chi connectivity index (χ3v) is 8.11. The van der Waals surface area contributed by atoms with Gasteiger partial charge in [-0.3, -0.25) is 9.59 Å². The Kier molecular flexibility index (Phi) is 9.43. The fourth-order valence-corrected chi connectivity index (χ4v) is 5.25. The maximum atomic E-state index is 12.9. The van der Waals surface area contributed by atoms with E-state index in [9.17, 15) is 18.0 Å². The summed E-state index contributed by atoms with van der Waals surface area (Å²) in [5, 5.41) is 3.02. The summed E-state index contributed by atoms with van der Waals surface area (Å²) in [7, 11) is -3.73. The first-order chi connectivity index (χ1) is 15.5. The van der Waals surface area contributed by atoms with Crippen LogP contribution in [0.4, 0.5) is 0 Å². The zero-order valence-electron chi connectivity index (χ0n) is 20.5. The fourth-order valence-electron chi connectivity index (χ4n) is 3.77. The molecule has 0 aliphatic rings. The van der Waals surface area contributed by atoms with E-state index in [1.54, 1.807) is 13.8 Å². The summed E-state index contributed by atoms with van der Waals surface area (Å²) in [6, 6.07) is 10.5. The van der Waals surface area contributed by atoms with Gasteiger partial charge in [-0.05, 0) is 35.4 Å². The summed E-state index contributed by atoms with van der Waals surface area (Å²) in [5.41, 5.74) is 1.83. The van der Waals surface area contributed by atoms with Gasteiger partial charge >= 0.3 is 0 Å². The predicted octanol–water partition coefficient (Wildman–Crippen LogP) is 3.91. The van der Waals surface area contributed by atoms with Crippen molar-refractivity contribution in [1.29, 1.82) is 0 Å². The van der Waals surface area contributed by atoms with E-state index in [0.29, 0.717) is 19.0 Å². The Morgan fingerprint density at radius 3 is 2.06 bits per heavy atom. The molecule has 0 saturated heterocycles. The van der Waals surface area contributed by atoms with Gasteiger partial charge < -0.3 is 9.88 Å². The van der Waals surface area contributed by atoms with Crippen LogP contribution >= 0.6 is 0 Å². The van der Waals surface area contributed by atoms with Crippen LogP contribution < -0.4 is 10.9 Å². The zero-order valence-corrected chi connectivity index (χ0v) is 21.4. The fraction of sp³-hybridized carbons (Fsp3) is 0.520. The highest BCUT2D eigenvalue weighted by Crippen LogP contribution is 2.25. The molecule has 2 aromatic rings. The SMILES string of the molecule is CCC(C)c1ccc(C(NC(=O)Cn2cc(S(=O)(=O)N(CC)CC)ccc2=O)C(C)C)cc1. The summed E-state index contributed by atoms with van der Waals surface area (Å²) in [5.74, 6) is 0.256. The highest BCUT2D eigenvalue weighted by atomic mass is 32.2. The van der Waals surface area contributed by atoms with Crippen LogP contribution in [0.25, 0.3) is 0 Å². The van der Waals surface area contributed by atoms with E-state index in [2.05, 4.69) is 31.3 Å². The number of nitrogens with zero attached hydrogens (tertiary/aromatic N) is 2. The van der Waals surface area contributed by atoms with Crippen LogP contribution in [0, 0.1) is 5.92 Å². The number of hydrogen-bond acceptors (Lipinski definition) is 4. The second-order valence-corrected chi connectivity index (χ2v) is 10.6. The van der Waals surface area contributed by atoms with Crippen molar-refractivity contribution in [3.05, 3.63) is 64.1 Å². The summed E-state index contributed by atoms with van der Waals surface area (Å²) in [4.78, 5) is 25.2. The van der Waals surface area contributed by atoms with Crippen molar-refractivity contribution in [2.24, 2.45) is 5.92 Å². The number of aromatic nitrogens is 1. The van der Waals surface area contributed by atoms with Crippen LogP contribution in [0.1, 0.15) is 71.0 Å². The Morgan fingerprint density at radius 1 is 0.970 bits per heavy atom. The van der Waals surface area contributed by atoms with Crippen LogP contribution in [-0.4, -0.2) is 36.3 Å². The first-order valence-corrected chi connectivity index (χ1v) is 13.1. The first-order valence-electron chi connectivity index (χ1n) is 11.6. The average molecular weight is 476 g/mol. The smallest absolute Gasteiger partial charge is 0.251 e. The largest absolute Gasteiger partial charge is 0.347 e. The van der Waals surface area contributed by atoms with Gasteiger partial charge in [0.15, 0.2) is 0 Å². The number of hydrogen-bond donors (Lipinski definition) is 1. The summed E-state index contributed by atoms with van der Waals surface area (Å²) < 4.78 is 28.1. The van der Waals surface area contributed by atoms with E-state index in [1.807, 2.05) is 26.0 Å². The molecule has 182 valence electrons. The van der Waals surface area contributed by atoms with E-state index in [1.165, 1.54) is 28.2 Å². The quantitative estimate of drug-likeness (QED) is 0.534. The minimum atomic E-state index is -3.73. The van der Waals surface area contributed by atoms with Crippen LogP contribution in [0.5, 0.6) is 0 Å². The molecule has 0 spiro atoms. The molecule has 0 saturated carbocycles. The number of carbonyl (C=O) groups is 1. The molecule has 7 nitrogen and oxygen atoms in total. The molecule has 0 fully saturated rings. The third-order valence-electron chi connectivity index (χ3n) is 6.07.